The summed E-state index contributed by atoms with van der Waals surface area (Å²) in [6, 6.07) is 8.81. The number of para-hydroxylation sites is 2. The smallest absolute Gasteiger partial charge is 0.0992 e. The van der Waals surface area contributed by atoms with Crippen LogP contribution in [0, 0.1) is 0 Å². The van der Waals surface area contributed by atoms with E-state index in [-0.39, 0.29) is 0 Å². The zero-order valence-corrected chi connectivity index (χ0v) is 10.4. The number of anilines is 1. The highest BCUT2D eigenvalue weighted by molar-refractivity contribution is 5.61. The predicted molar refractivity (Wildman–Crippen MR) is 71.0 cm³/mol. The molecule has 1 aromatic heterocycles. The minimum Gasteiger partial charge on any atom is -0.381 e. The Morgan fingerprint density at radius 3 is 2.89 bits per heavy atom. The van der Waals surface area contributed by atoms with Gasteiger partial charge in [0, 0.05) is 25.5 Å². The standard InChI is InChI=1S/C14H17N3O/c1-18-12-8-11(9-12)16-13-4-2-3-5-14(13)17-7-6-15-10-17/h2-7,10-12,16H,8-9H2,1H3. The van der Waals surface area contributed by atoms with Crippen LogP contribution >= 0.6 is 0 Å². The molecule has 0 saturated heterocycles. The third kappa shape index (κ3) is 2.11. The van der Waals surface area contributed by atoms with Gasteiger partial charge in [-0.3, -0.25) is 0 Å². The van der Waals surface area contributed by atoms with Crippen LogP contribution < -0.4 is 5.32 Å². The number of aromatic nitrogens is 2. The van der Waals surface area contributed by atoms with Crippen molar-refractivity contribution in [2.45, 2.75) is 25.0 Å². The van der Waals surface area contributed by atoms with Crippen LogP contribution in [0.5, 0.6) is 0 Å². The molecule has 4 nitrogen and oxygen atoms in total. The molecule has 0 spiro atoms. The second-order valence-electron chi connectivity index (χ2n) is 4.66. The van der Waals surface area contributed by atoms with E-state index >= 15 is 0 Å². The van der Waals surface area contributed by atoms with Gasteiger partial charge < -0.3 is 14.6 Å². The van der Waals surface area contributed by atoms with E-state index in [1.165, 1.54) is 0 Å². The third-order valence-electron chi connectivity index (χ3n) is 3.47. The minimum absolute atomic E-state index is 0.419. The first-order valence-corrected chi connectivity index (χ1v) is 6.23. The zero-order chi connectivity index (χ0) is 12.4. The first-order chi connectivity index (χ1) is 8.86. The summed E-state index contributed by atoms with van der Waals surface area (Å²) in [5.74, 6) is 0. The number of methoxy groups -OCH3 is 1. The second kappa shape index (κ2) is 4.82. The molecule has 1 fully saturated rings. The quantitative estimate of drug-likeness (QED) is 0.896. The van der Waals surface area contributed by atoms with Crippen LogP contribution in [-0.2, 0) is 4.74 Å². The molecular weight excluding hydrogens is 226 g/mol. The van der Waals surface area contributed by atoms with E-state index in [1.54, 1.807) is 13.3 Å². The van der Waals surface area contributed by atoms with Crippen molar-refractivity contribution in [1.29, 1.82) is 0 Å². The molecule has 4 heteroatoms. The lowest BCUT2D eigenvalue weighted by Crippen LogP contribution is -2.40. The van der Waals surface area contributed by atoms with Crippen molar-refractivity contribution in [1.82, 2.24) is 9.55 Å². The van der Waals surface area contributed by atoms with Gasteiger partial charge in [-0.15, -0.1) is 0 Å². The van der Waals surface area contributed by atoms with Gasteiger partial charge in [-0.05, 0) is 25.0 Å². The van der Waals surface area contributed by atoms with Crippen molar-refractivity contribution in [3.05, 3.63) is 43.0 Å². The molecule has 1 N–H and O–H groups in total. The van der Waals surface area contributed by atoms with Crippen LogP contribution in [0.3, 0.4) is 0 Å². The van der Waals surface area contributed by atoms with Gasteiger partial charge in [0.2, 0.25) is 0 Å². The Hall–Kier alpha value is -1.81. The molecular formula is C14H17N3O. The van der Waals surface area contributed by atoms with Crippen LogP contribution in [0.25, 0.3) is 5.69 Å². The van der Waals surface area contributed by atoms with Gasteiger partial charge in [0.15, 0.2) is 0 Å². The summed E-state index contributed by atoms with van der Waals surface area (Å²) in [6.07, 6.45) is 8.14. The predicted octanol–water partition coefficient (Wildman–Crippen LogP) is 2.46. The average Bonchev–Trinajstić information content (AvgIpc) is 2.87. The third-order valence-corrected chi connectivity index (χ3v) is 3.47. The number of rotatable bonds is 4. The molecule has 3 rings (SSSR count). The Balaban J connectivity index is 1.76. The maximum Gasteiger partial charge on any atom is 0.0992 e. The molecule has 1 aliphatic carbocycles. The molecule has 94 valence electrons. The van der Waals surface area contributed by atoms with Crippen LogP contribution in [0.4, 0.5) is 5.69 Å². The van der Waals surface area contributed by atoms with Crippen molar-refractivity contribution in [3.63, 3.8) is 0 Å². The molecule has 1 aromatic carbocycles. The maximum atomic E-state index is 5.30. The van der Waals surface area contributed by atoms with Gasteiger partial charge in [-0.2, -0.15) is 0 Å². The summed E-state index contributed by atoms with van der Waals surface area (Å²) in [4.78, 5) is 4.09. The molecule has 1 heterocycles. The van der Waals surface area contributed by atoms with E-state index in [1.807, 2.05) is 23.2 Å². The molecule has 1 aliphatic rings. The SMILES string of the molecule is COC1CC(Nc2ccccc2-n2ccnc2)C1. The molecule has 0 bridgehead atoms. The number of ether oxygens (including phenoxy) is 1. The van der Waals surface area contributed by atoms with E-state index in [0.29, 0.717) is 12.1 Å². The first-order valence-electron chi connectivity index (χ1n) is 6.23. The fourth-order valence-corrected chi connectivity index (χ4v) is 2.32. The summed E-state index contributed by atoms with van der Waals surface area (Å²) in [6.45, 7) is 0. The largest absolute Gasteiger partial charge is 0.381 e. The highest BCUT2D eigenvalue weighted by Crippen LogP contribution is 2.28. The van der Waals surface area contributed by atoms with Gasteiger partial charge >= 0.3 is 0 Å². The Labute approximate surface area is 107 Å². The number of nitrogens with one attached hydrogen (secondary N) is 1. The summed E-state index contributed by atoms with van der Waals surface area (Å²) < 4.78 is 7.32. The zero-order valence-electron chi connectivity index (χ0n) is 10.4. The normalized spacial score (nSPS) is 22.5. The van der Waals surface area contributed by atoms with Gasteiger partial charge in [0.1, 0.15) is 0 Å². The summed E-state index contributed by atoms with van der Waals surface area (Å²) in [5.41, 5.74) is 2.28. The fourth-order valence-electron chi connectivity index (χ4n) is 2.32. The van der Waals surface area contributed by atoms with E-state index in [0.717, 1.165) is 24.2 Å². The van der Waals surface area contributed by atoms with Crippen molar-refractivity contribution in [2.24, 2.45) is 0 Å². The number of nitrogens with zero attached hydrogens (tertiary/aromatic N) is 2. The molecule has 0 radical (unpaired) electrons. The fraction of sp³-hybridized carbons (Fsp3) is 0.357. The van der Waals surface area contributed by atoms with Gasteiger partial charge in [0.25, 0.3) is 0 Å². The molecule has 18 heavy (non-hydrogen) atoms. The number of benzene rings is 1. The van der Waals surface area contributed by atoms with Gasteiger partial charge in [0.05, 0.1) is 23.8 Å². The monoisotopic (exact) mass is 243 g/mol. The molecule has 1 saturated carbocycles. The Kier molecular flexibility index (Phi) is 3.02. The maximum absolute atomic E-state index is 5.30. The van der Waals surface area contributed by atoms with E-state index in [4.69, 9.17) is 4.74 Å². The average molecular weight is 243 g/mol. The van der Waals surface area contributed by atoms with Crippen LogP contribution in [-0.4, -0.2) is 28.8 Å². The lowest BCUT2D eigenvalue weighted by atomic mass is 9.89. The Morgan fingerprint density at radius 1 is 1.33 bits per heavy atom. The van der Waals surface area contributed by atoms with Crippen molar-refractivity contribution >= 4 is 5.69 Å². The highest BCUT2D eigenvalue weighted by atomic mass is 16.5. The lowest BCUT2D eigenvalue weighted by Gasteiger charge is -2.35. The summed E-state index contributed by atoms with van der Waals surface area (Å²) in [7, 11) is 1.78. The van der Waals surface area contributed by atoms with Crippen molar-refractivity contribution in [3.8, 4) is 5.69 Å². The highest BCUT2D eigenvalue weighted by Gasteiger charge is 2.29. The topological polar surface area (TPSA) is 39.1 Å². The van der Waals surface area contributed by atoms with Crippen LogP contribution in [0.15, 0.2) is 43.0 Å². The van der Waals surface area contributed by atoms with Gasteiger partial charge in [-0.25, -0.2) is 4.98 Å². The second-order valence-corrected chi connectivity index (χ2v) is 4.66. The number of imidazole rings is 1. The van der Waals surface area contributed by atoms with E-state index in [9.17, 15) is 0 Å². The number of hydrogen-bond donors (Lipinski definition) is 1. The van der Waals surface area contributed by atoms with E-state index in [2.05, 4.69) is 28.5 Å². The Bertz CT molecular complexity index is 504. The van der Waals surface area contributed by atoms with E-state index < -0.39 is 0 Å². The van der Waals surface area contributed by atoms with Crippen molar-refractivity contribution < 1.29 is 4.74 Å². The molecule has 0 atom stereocenters. The molecule has 0 aliphatic heterocycles. The molecule has 2 aromatic rings. The number of hydrogen-bond acceptors (Lipinski definition) is 3. The first kappa shape index (κ1) is 11.3. The minimum atomic E-state index is 0.419. The molecule has 0 amide bonds. The molecule has 0 unspecified atom stereocenters. The lowest BCUT2D eigenvalue weighted by molar-refractivity contribution is 0.0329. The summed E-state index contributed by atoms with van der Waals surface area (Å²) >= 11 is 0. The van der Waals surface area contributed by atoms with Crippen LogP contribution in [0.2, 0.25) is 0 Å². The van der Waals surface area contributed by atoms with Crippen LogP contribution in [0.1, 0.15) is 12.8 Å². The van der Waals surface area contributed by atoms with Gasteiger partial charge in [-0.1, -0.05) is 12.1 Å². The van der Waals surface area contributed by atoms with Crippen molar-refractivity contribution in [2.75, 3.05) is 12.4 Å². The Morgan fingerprint density at radius 2 is 2.17 bits per heavy atom. The summed E-state index contributed by atoms with van der Waals surface area (Å²) in [5, 5.41) is 3.57.